The summed E-state index contributed by atoms with van der Waals surface area (Å²) in [7, 11) is 0. The molecule has 0 saturated heterocycles. The summed E-state index contributed by atoms with van der Waals surface area (Å²) >= 11 is 0. The normalized spacial score (nSPS) is 8.00. The molecule has 0 bridgehead atoms. The second-order valence-corrected chi connectivity index (χ2v) is 2.35. The van der Waals surface area contributed by atoms with Gasteiger partial charge in [-0.3, -0.25) is 23.4 Å². The van der Waals surface area contributed by atoms with Gasteiger partial charge in [-0.15, -0.1) is 0 Å². The first-order chi connectivity index (χ1) is 6.97. The first kappa shape index (κ1) is 12.5. The highest BCUT2D eigenvalue weighted by Gasteiger charge is 1.85. The Hall–Kier alpha value is -1.46. The lowest BCUT2D eigenvalue weighted by atomic mass is 10.1. The van der Waals surface area contributed by atoms with E-state index in [0.29, 0.717) is 0 Å². The Morgan fingerprint density at radius 3 is 0.929 bits per heavy atom. The second kappa shape index (κ2) is 8.15. The molecule has 4 nitrogen and oxygen atoms in total. The Bertz CT molecular complexity index is 283. The molecule has 0 aromatic heterocycles. The number of fused-ring (bicyclic) bond motifs is 1. The number of benzene rings is 2. The lowest BCUT2D eigenvalue weighted by Gasteiger charge is -1.92. The van der Waals surface area contributed by atoms with E-state index in [1.165, 1.54) is 10.8 Å². The lowest BCUT2D eigenvalue weighted by Crippen LogP contribution is -2.02. The molecule has 76 valence electrons. The largest absolute Gasteiger partial charge is 0.274 e. The summed E-state index contributed by atoms with van der Waals surface area (Å²) in [5, 5.41) is 2.62. The summed E-state index contributed by atoms with van der Waals surface area (Å²) < 4.78 is 0. The van der Waals surface area contributed by atoms with Crippen molar-refractivity contribution in [1.82, 2.24) is 0 Å². The van der Waals surface area contributed by atoms with Gasteiger partial charge in [0, 0.05) is 0 Å². The number of nitrogens with two attached hydrogens (primary N) is 4. The molecule has 14 heavy (non-hydrogen) atoms. The first-order valence-electron chi connectivity index (χ1n) is 4.07. The Morgan fingerprint density at radius 2 is 0.714 bits per heavy atom. The Balaban J connectivity index is 0.000000379. The van der Waals surface area contributed by atoms with Crippen molar-refractivity contribution in [3.8, 4) is 0 Å². The average molecular weight is 192 g/mol. The molecule has 0 aliphatic rings. The minimum absolute atomic E-state index is 1.31. The molecular weight excluding hydrogens is 176 g/mol. The fraction of sp³-hybridized carbons (Fsp3) is 0. The topological polar surface area (TPSA) is 104 Å². The Morgan fingerprint density at radius 1 is 0.500 bits per heavy atom. The van der Waals surface area contributed by atoms with Gasteiger partial charge >= 0.3 is 0 Å². The summed E-state index contributed by atoms with van der Waals surface area (Å²) in [4.78, 5) is 0. The molecule has 0 amide bonds. The standard InChI is InChI=1S/C10H8.2H4N2/c1-2-6-10-8-4-3-7-9(10)5-1;2*1-2/h1-8H;2*1-2H2. The van der Waals surface area contributed by atoms with Crippen molar-refractivity contribution in [2.75, 3.05) is 0 Å². The van der Waals surface area contributed by atoms with Crippen LogP contribution in [0.5, 0.6) is 0 Å². The maximum atomic E-state index is 4.00. The van der Waals surface area contributed by atoms with E-state index in [0.717, 1.165) is 0 Å². The van der Waals surface area contributed by atoms with Crippen LogP contribution < -0.4 is 23.4 Å². The highest BCUT2D eigenvalue weighted by molar-refractivity contribution is 5.81. The van der Waals surface area contributed by atoms with Crippen LogP contribution in [0.2, 0.25) is 0 Å². The van der Waals surface area contributed by atoms with Crippen molar-refractivity contribution < 1.29 is 0 Å². The fourth-order valence-corrected chi connectivity index (χ4v) is 1.13. The quantitative estimate of drug-likeness (QED) is 0.360. The molecule has 4 heteroatoms. The molecule has 0 unspecified atom stereocenters. The summed E-state index contributed by atoms with van der Waals surface area (Å²) in [5.74, 6) is 16.0. The Kier molecular flexibility index (Phi) is 7.30. The van der Waals surface area contributed by atoms with Crippen molar-refractivity contribution in [2.24, 2.45) is 23.4 Å². The van der Waals surface area contributed by atoms with Gasteiger partial charge in [0.2, 0.25) is 0 Å². The maximum Gasteiger partial charge on any atom is -0.0184 e. The first-order valence-corrected chi connectivity index (χ1v) is 4.07. The van der Waals surface area contributed by atoms with Crippen LogP contribution in [-0.2, 0) is 0 Å². The Labute approximate surface area is 83.4 Å². The zero-order valence-corrected chi connectivity index (χ0v) is 7.93. The minimum atomic E-state index is 1.31. The SMILES string of the molecule is NN.NN.c1ccc2ccccc2c1. The summed E-state index contributed by atoms with van der Waals surface area (Å²) in [6.45, 7) is 0. The van der Waals surface area contributed by atoms with Crippen LogP contribution in [0.3, 0.4) is 0 Å². The van der Waals surface area contributed by atoms with Gasteiger partial charge in [0.1, 0.15) is 0 Å². The molecule has 0 atom stereocenters. The summed E-state index contributed by atoms with van der Waals surface area (Å²) in [6.07, 6.45) is 0. The van der Waals surface area contributed by atoms with E-state index in [2.05, 4.69) is 71.9 Å². The van der Waals surface area contributed by atoms with E-state index in [1.54, 1.807) is 0 Å². The van der Waals surface area contributed by atoms with Crippen LogP contribution in [0, 0.1) is 0 Å². The van der Waals surface area contributed by atoms with E-state index in [9.17, 15) is 0 Å². The van der Waals surface area contributed by atoms with Gasteiger partial charge in [-0.05, 0) is 10.8 Å². The average Bonchev–Trinajstić information content (AvgIpc) is 2.34. The number of rotatable bonds is 0. The third kappa shape index (κ3) is 3.51. The van der Waals surface area contributed by atoms with Crippen LogP contribution in [0.25, 0.3) is 10.8 Å². The molecule has 0 radical (unpaired) electrons. The van der Waals surface area contributed by atoms with E-state index in [4.69, 9.17) is 0 Å². The van der Waals surface area contributed by atoms with E-state index < -0.39 is 0 Å². The molecule has 8 N–H and O–H groups in total. The molecule has 0 heterocycles. The van der Waals surface area contributed by atoms with Gasteiger partial charge < -0.3 is 0 Å². The van der Waals surface area contributed by atoms with Crippen molar-refractivity contribution >= 4 is 10.8 Å². The van der Waals surface area contributed by atoms with Crippen LogP contribution in [0.15, 0.2) is 48.5 Å². The molecule has 2 aromatic carbocycles. The van der Waals surface area contributed by atoms with E-state index >= 15 is 0 Å². The molecule has 2 aromatic rings. The van der Waals surface area contributed by atoms with E-state index in [1.807, 2.05) is 0 Å². The molecule has 2 rings (SSSR count). The zero-order valence-electron chi connectivity index (χ0n) is 7.93. The predicted molar refractivity (Wildman–Crippen MR) is 60.7 cm³/mol. The second-order valence-electron chi connectivity index (χ2n) is 2.35. The van der Waals surface area contributed by atoms with Crippen LogP contribution in [-0.4, -0.2) is 0 Å². The third-order valence-corrected chi connectivity index (χ3v) is 1.66. The van der Waals surface area contributed by atoms with E-state index in [-0.39, 0.29) is 0 Å². The summed E-state index contributed by atoms with van der Waals surface area (Å²) in [5.41, 5.74) is 0. The minimum Gasteiger partial charge on any atom is -0.274 e. The molecule has 0 spiro atoms. The van der Waals surface area contributed by atoms with Crippen LogP contribution >= 0.6 is 0 Å². The number of hydrogen-bond acceptors (Lipinski definition) is 4. The summed E-state index contributed by atoms with van der Waals surface area (Å²) in [6, 6.07) is 16.7. The lowest BCUT2D eigenvalue weighted by molar-refractivity contribution is 1.26. The highest BCUT2D eigenvalue weighted by Crippen LogP contribution is 2.11. The van der Waals surface area contributed by atoms with Gasteiger partial charge in [-0.2, -0.15) is 0 Å². The smallest absolute Gasteiger partial charge is 0.0184 e. The van der Waals surface area contributed by atoms with Gasteiger partial charge in [-0.1, -0.05) is 48.5 Å². The molecule has 0 aliphatic heterocycles. The van der Waals surface area contributed by atoms with Crippen molar-refractivity contribution in [3.05, 3.63) is 48.5 Å². The van der Waals surface area contributed by atoms with Crippen molar-refractivity contribution in [2.45, 2.75) is 0 Å². The van der Waals surface area contributed by atoms with Gasteiger partial charge in [0.05, 0.1) is 0 Å². The third-order valence-electron chi connectivity index (χ3n) is 1.66. The zero-order chi connectivity index (χ0) is 10.8. The van der Waals surface area contributed by atoms with Crippen molar-refractivity contribution in [3.63, 3.8) is 0 Å². The molecule has 0 saturated carbocycles. The van der Waals surface area contributed by atoms with Gasteiger partial charge in [0.25, 0.3) is 0 Å². The number of hydrazine groups is 2. The predicted octanol–water partition coefficient (Wildman–Crippen LogP) is 0.477. The number of hydrogen-bond donors (Lipinski definition) is 4. The molecule has 0 aliphatic carbocycles. The highest BCUT2D eigenvalue weighted by atomic mass is 15.0. The molecule has 0 fully saturated rings. The van der Waals surface area contributed by atoms with Gasteiger partial charge in [-0.25, -0.2) is 0 Å². The van der Waals surface area contributed by atoms with Crippen LogP contribution in [0.4, 0.5) is 0 Å². The monoisotopic (exact) mass is 192 g/mol. The fourth-order valence-electron chi connectivity index (χ4n) is 1.13. The maximum absolute atomic E-state index is 4.00. The van der Waals surface area contributed by atoms with Crippen LogP contribution in [0.1, 0.15) is 0 Å². The van der Waals surface area contributed by atoms with Crippen molar-refractivity contribution in [1.29, 1.82) is 0 Å². The van der Waals surface area contributed by atoms with Gasteiger partial charge in [0.15, 0.2) is 0 Å². The molecular formula is C10H16N4.